The van der Waals surface area contributed by atoms with E-state index in [4.69, 9.17) is 0 Å². The number of rotatable bonds is 7. The highest BCUT2D eigenvalue weighted by Gasteiger charge is 2.10. The predicted molar refractivity (Wildman–Crippen MR) is 129 cm³/mol. The first-order chi connectivity index (χ1) is 14.6. The minimum Gasteiger partial charge on any atom is -0.350 e. The first-order valence-electron chi connectivity index (χ1n) is 9.90. The van der Waals surface area contributed by atoms with Crippen LogP contribution < -0.4 is 5.32 Å². The molecule has 1 amide bonds. The van der Waals surface area contributed by atoms with Gasteiger partial charge in [0.15, 0.2) is 0 Å². The molecule has 30 heavy (non-hydrogen) atoms. The molecule has 0 saturated heterocycles. The minimum atomic E-state index is -0.0312. The Kier molecular flexibility index (Phi) is 6.60. The van der Waals surface area contributed by atoms with Crippen LogP contribution in [0.25, 0.3) is 10.9 Å². The molecule has 152 valence electrons. The summed E-state index contributed by atoms with van der Waals surface area (Å²) < 4.78 is 3.33. The van der Waals surface area contributed by atoms with Gasteiger partial charge in [0, 0.05) is 50.9 Å². The Hall–Kier alpha value is -2.50. The van der Waals surface area contributed by atoms with Crippen molar-refractivity contribution in [1.29, 1.82) is 0 Å². The molecule has 0 saturated carbocycles. The van der Waals surface area contributed by atoms with E-state index in [-0.39, 0.29) is 5.91 Å². The summed E-state index contributed by atoms with van der Waals surface area (Å²) in [5, 5.41) is 4.29. The summed E-state index contributed by atoms with van der Waals surface area (Å²) in [5.74, 6) is 0.891. The average molecular weight is 479 g/mol. The molecule has 0 spiro atoms. The number of carbonyl (C=O) groups excluding carboxylic acids is 1. The maximum Gasteiger partial charge on any atom is 0.251 e. The summed E-state index contributed by atoms with van der Waals surface area (Å²) in [6.45, 7) is 3.34. The van der Waals surface area contributed by atoms with Crippen LogP contribution in [-0.2, 0) is 12.3 Å². The molecule has 1 heterocycles. The number of hydrogen-bond donors (Lipinski definition) is 1. The number of amides is 1. The van der Waals surface area contributed by atoms with E-state index >= 15 is 0 Å². The lowest BCUT2D eigenvalue weighted by molar-refractivity contribution is 0.0952. The van der Waals surface area contributed by atoms with E-state index in [0.717, 1.165) is 22.3 Å². The van der Waals surface area contributed by atoms with Gasteiger partial charge in [-0.25, -0.2) is 0 Å². The van der Waals surface area contributed by atoms with Crippen molar-refractivity contribution in [2.24, 2.45) is 0 Å². The molecule has 0 atom stereocenters. The van der Waals surface area contributed by atoms with Crippen LogP contribution in [-0.4, -0.2) is 17.0 Å². The number of nitrogens with one attached hydrogen (secondary N) is 1. The van der Waals surface area contributed by atoms with Crippen LogP contribution in [0.4, 0.5) is 0 Å². The lowest BCUT2D eigenvalue weighted by Gasteiger charge is -2.08. The fourth-order valence-corrected chi connectivity index (χ4v) is 4.66. The molecule has 3 aromatic carbocycles. The van der Waals surface area contributed by atoms with Gasteiger partial charge >= 0.3 is 0 Å². The van der Waals surface area contributed by atoms with Gasteiger partial charge in [0.2, 0.25) is 0 Å². The van der Waals surface area contributed by atoms with Gasteiger partial charge in [-0.2, -0.15) is 0 Å². The van der Waals surface area contributed by atoms with Crippen LogP contribution in [0.5, 0.6) is 0 Å². The number of benzene rings is 3. The lowest BCUT2D eigenvalue weighted by Crippen LogP contribution is -2.27. The highest BCUT2D eigenvalue weighted by Crippen LogP contribution is 2.32. The molecule has 0 aliphatic rings. The van der Waals surface area contributed by atoms with Crippen molar-refractivity contribution in [2.75, 3.05) is 6.54 Å². The quantitative estimate of drug-likeness (QED) is 0.310. The average Bonchev–Trinajstić information content (AvgIpc) is 3.12. The summed E-state index contributed by atoms with van der Waals surface area (Å²) >= 11 is 5.33. The second-order valence-electron chi connectivity index (χ2n) is 7.24. The van der Waals surface area contributed by atoms with E-state index in [1.165, 1.54) is 21.4 Å². The Morgan fingerprint density at radius 1 is 1.00 bits per heavy atom. The maximum atomic E-state index is 12.4. The Morgan fingerprint density at radius 3 is 2.50 bits per heavy atom. The van der Waals surface area contributed by atoms with Crippen LogP contribution in [0, 0.1) is 6.92 Å². The van der Waals surface area contributed by atoms with Gasteiger partial charge in [0.05, 0.1) is 0 Å². The first kappa shape index (κ1) is 20.8. The van der Waals surface area contributed by atoms with E-state index in [1.807, 2.05) is 43.0 Å². The second-order valence-corrected chi connectivity index (χ2v) is 9.17. The smallest absolute Gasteiger partial charge is 0.251 e. The van der Waals surface area contributed by atoms with Gasteiger partial charge < -0.3 is 9.88 Å². The molecule has 0 aliphatic carbocycles. The van der Waals surface area contributed by atoms with Gasteiger partial charge in [0.1, 0.15) is 0 Å². The zero-order valence-corrected chi connectivity index (χ0v) is 19.2. The van der Waals surface area contributed by atoms with Gasteiger partial charge in [-0.3, -0.25) is 4.79 Å². The van der Waals surface area contributed by atoms with Crippen molar-refractivity contribution >= 4 is 44.5 Å². The highest BCUT2D eigenvalue weighted by molar-refractivity contribution is 9.10. The Balaban J connectivity index is 1.43. The maximum absolute atomic E-state index is 12.4. The highest BCUT2D eigenvalue weighted by atomic mass is 79.9. The van der Waals surface area contributed by atoms with Gasteiger partial charge in [-0.1, -0.05) is 64.0 Å². The SMILES string of the molecule is Cc1ccc(C(=O)NCCn2cc(SCc3ccc(Br)cc3)c3ccccc32)cc1. The summed E-state index contributed by atoms with van der Waals surface area (Å²) in [5.41, 5.74) is 4.34. The zero-order chi connectivity index (χ0) is 20.9. The number of nitrogens with zero attached hydrogens (tertiary/aromatic N) is 1. The molecule has 0 radical (unpaired) electrons. The van der Waals surface area contributed by atoms with Crippen LogP contribution in [0.15, 0.2) is 88.4 Å². The number of aromatic nitrogens is 1. The molecule has 1 N–H and O–H groups in total. The van der Waals surface area contributed by atoms with E-state index in [0.29, 0.717) is 12.1 Å². The van der Waals surface area contributed by atoms with Gasteiger partial charge in [-0.05, 0) is 42.8 Å². The summed E-state index contributed by atoms with van der Waals surface area (Å²) in [6, 6.07) is 24.6. The molecule has 1 aromatic heterocycles. The minimum absolute atomic E-state index is 0.0312. The van der Waals surface area contributed by atoms with Crippen molar-refractivity contribution in [1.82, 2.24) is 9.88 Å². The Labute approximate surface area is 189 Å². The number of thioether (sulfide) groups is 1. The van der Waals surface area contributed by atoms with Crippen molar-refractivity contribution in [2.45, 2.75) is 24.1 Å². The van der Waals surface area contributed by atoms with E-state index in [9.17, 15) is 4.79 Å². The van der Waals surface area contributed by atoms with Crippen molar-refractivity contribution in [3.63, 3.8) is 0 Å². The Bertz CT molecular complexity index is 1150. The topological polar surface area (TPSA) is 34.0 Å². The van der Waals surface area contributed by atoms with Gasteiger partial charge in [-0.15, -0.1) is 11.8 Å². The van der Waals surface area contributed by atoms with Crippen LogP contribution >= 0.6 is 27.7 Å². The molecule has 0 unspecified atom stereocenters. The third-order valence-corrected chi connectivity index (χ3v) is 6.65. The monoisotopic (exact) mass is 478 g/mol. The van der Waals surface area contributed by atoms with Crippen molar-refractivity contribution in [3.05, 3.63) is 100 Å². The van der Waals surface area contributed by atoms with Crippen molar-refractivity contribution < 1.29 is 4.79 Å². The van der Waals surface area contributed by atoms with Gasteiger partial charge in [0.25, 0.3) is 5.91 Å². The zero-order valence-electron chi connectivity index (χ0n) is 16.8. The molecular formula is C25H23BrN2OS. The third kappa shape index (κ3) is 4.97. The van der Waals surface area contributed by atoms with Crippen LogP contribution in [0.2, 0.25) is 0 Å². The van der Waals surface area contributed by atoms with Crippen LogP contribution in [0.3, 0.4) is 0 Å². The molecule has 0 aliphatic heterocycles. The van der Waals surface area contributed by atoms with Crippen molar-refractivity contribution in [3.8, 4) is 0 Å². The molecule has 5 heteroatoms. The predicted octanol–water partition coefficient (Wildman–Crippen LogP) is 6.43. The Morgan fingerprint density at radius 2 is 1.73 bits per heavy atom. The molecule has 3 nitrogen and oxygen atoms in total. The summed E-state index contributed by atoms with van der Waals surface area (Å²) in [7, 11) is 0. The van der Waals surface area contributed by atoms with Crippen LogP contribution in [0.1, 0.15) is 21.5 Å². The fourth-order valence-electron chi connectivity index (χ4n) is 3.35. The summed E-state index contributed by atoms with van der Waals surface area (Å²) in [4.78, 5) is 13.6. The third-order valence-electron chi connectivity index (χ3n) is 5.01. The fraction of sp³-hybridized carbons (Fsp3) is 0.160. The van der Waals surface area contributed by atoms with E-state index in [1.54, 1.807) is 0 Å². The second kappa shape index (κ2) is 9.54. The standard InChI is InChI=1S/C25H23BrN2OS/c1-18-6-10-20(11-7-18)25(29)27-14-15-28-16-24(22-4-2-3-5-23(22)28)30-17-19-8-12-21(26)13-9-19/h2-13,16H,14-15,17H2,1H3,(H,27,29). The number of hydrogen-bond acceptors (Lipinski definition) is 2. The normalized spacial score (nSPS) is 11.0. The first-order valence-corrected chi connectivity index (χ1v) is 11.7. The largest absolute Gasteiger partial charge is 0.350 e. The number of para-hydroxylation sites is 1. The van der Waals surface area contributed by atoms with E-state index in [2.05, 4.69) is 80.5 Å². The number of carbonyl (C=O) groups is 1. The number of fused-ring (bicyclic) bond motifs is 1. The molecule has 0 bridgehead atoms. The molecule has 4 aromatic rings. The number of aryl methyl sites for hydroxylation is 1. The lowest BCUT2D eigenvalue weighted by atomic mass is 10.1. The molecular weight excluding hydrogens is 456 g/mol. The number of halogens is 1. The van der Waals surface area contributed by atoms with E-state index < -0.39 is 0 Å². The summed E-state index contributed by atoms with van der Waals surface area (Å²) in [6.07, 6.45) is 2.20. The molecule has 4 rings (SSSR count). The molecule has 0 fully saturated rings.